The molecular formula is C13H14N2O3. The molecule has 2 aromatic rings. The number of amides is 1. The summed E-state index contributed by atoms with van der Waals surface area (Å²) in [4.78, 5) is 11.6. The molecular weight excluding hydrogens is 232 g/mol. The molecule has 1 atom stereocenters. The van der Waals surface area contributed by atoms with Gasteiger partial charge in [-0.2, -0.15) is 0 Å². The van der Waals surface area contributed by atoms with Gasteiger partial charge >= 0.3 is 0 Å². The standard InChI is InChI=1S/C13H14N2O3/c1-9(16)8-14-13(17)11-7-12(18-15-11)10-5-3-2-4-6-10/h2-7,9,16H,8H2,1H3,(H,14,17)/t9-/m0/s1. The predicted octanol–water partition coefficient (Wildman–Crippen LogP) is 1.45. The topological polar surface area (TPSA) is 75.4 Å². The summed E-state index contributed by atoms with van der Waals surface area (Å²) >= 11 is 0. The Morgan fingerprint density at radius 1 is 1.44 bits per heavy atom. The maximum atomic E-state index is 11.6. The van der Waals surface area contributed by atoms with E-state index < -0.39 is 6.10 Å². The molecule has 0 spiro atoms. The van der Waals surface area contributed by atoms with Crippen molar-refractivity contribution in [3.8, 4) is 11.3 Å². The van der Waals surface area contributed by atoms with Crippen molar-refractivity contribution in [3.05, 3.63) is 42.1 Å². The molecule has 2 rings (SSSR count). The maximum absolute atomic E-state index is 11.6. The molecule has 0 aliphatic heterocycles. The summed E-state index contributed by atoms with van der Waals surface area (Å²) in [5, 5.41) is 15.3. The van der Waals surface area contributed by atoms with Crippen molar-refractivity contribution < 1.29 is 14.4 Å². The summed E-state index contributed by atoms with van der Waals surface area (Å²) in [6.45, 7) is 1.78. The van der Waals surface area contributed by atoms with Crippen LogP contribution in [0.4, 0.5) is 0 Å². The second-order valence-corrected chi connectivity index (χ2v) is 4.00. The van der Waals surface area contributed by atoms with Crippen LogP contribution in [0.25, 0.3) is 11.3 Å². The predicted molar refractivity (Wildman–Crippen MR) is 66.0 cm³/mol. The van der Waals surface area contributed by atoms with E-state index in [1.165, 1.54) is 0 Å². The first-order valence-corrected chi connectivity index (χ1v) is 5.65. The highest BCUT2D eigenvalue weighted by Gasteiger charge is 2.13. The number of hydrogen-bond donors (Lipinski definition) is 2. The summed E-state index contributed by atoms with van der Waals surface area (Å²) < 4.78 is 5.11. The first-order chi connectivity index (χ1) is 8.66. The summed E-state index contributed by atoms with van der Waals surface area (Å²) in [7, 11) is 0. The lowest BCUT2D eigenvalue weighted by Gasteiger charge is -2.03. The molecule has 0 saturated carbocycles. The number of rotatable bonds is 4. The van der Waals surface area contributed by atoms with Crippen molar-refractivity contribution in [2.45, 2.75) is 13.0 Å². The van der Waals surface area contributed by atoms with Gasteiger partial charge in [0, 0.05) is 18.2 Å². The lowest BCUT2D eigenvalue weighted by Crippen LogP contribution is -2.30. The highest BCUT2D eigenvalue weighted by Crippen LogP contribution is 2.19. The van der Waals surface area contributed by atoms with Crippen molar-refractivity contribution in [1.29, 1.82) is 0 Å². The average Bonchev–Trinajstić information content (AvgIpc) is 2.86. The van der Waals surface area contributed by atoms with Gasteiger partial charge in [0.15, 0.2) is 11.5 Å². The summed E-state index contributed by atoms with van der Waals surface area (Å²) in [5.74, 6) is 0.180. The van der Waals surface area contributed by atoms with Gasteiger partial charge in [-0.3, -0.25) is 4.79 Å². The number of nitrogens with one attached hydrogen (secondary N) is 1. The quantitative estimate of drug-likeness (QED) is 0.856. The van der Waals surface area contributed by atoms with Crippen LogP contribution in [0.5, 0.6) is 0 Å². The van der Waals surface area contributed by atoms with E-state index >= 15 is 0 Å². The maximum Gasteiger partial charge on any atom is 0.273 e. The molecule has 5 heteroatoms. The Labute approximate surface area is 104 Å². The molecule has 0 saturated heterocycles. The minimum absolute atomic E-state index is 0.187. The zero-order valence-corrected chi connectivity index (χ0v) is 9.96. The highest BCUT2D eigenvalue weighted by atomic mass is 16.5. The van der Waals surface area contributed by atoms with Crippen LogP contribution in [0.1, 0.15) is 17.4 Å². The largest absolute Gasteiger partial charge is 0.392 e. The number of carbonyl (C=O) groups excluding carboxylic acids is 1. The van der Waals surface area contributed by atoms with Gasteiger partial charge < -0.3 is 14.9 Å². The van der Waals surface area contributed by atoms with Crippen LogP contribution in [0.2, 0.25) is 0 Å². The molecule has 1 amide bonds. The summed E-state index contributed by atoms with van der Waals surface area (Å²) in [6.07, 6.45) is -0.588. The number of hydrogen-bond acceptors (Lipinski definition) is 4. The molecule has 0 radical (unpaired) electrons. The Kier molecular flexibility index (Phi) is 3.74. The van der Waals surface area contributed by atoms with Crippen LogP contribution in [-0.2, 0) is 0 Å². The van der Waals surface area contributed by atoms with Crippen molar-refractivity contribution in [1.82, 2.24) is 10.5 Å². The third-order valence-corrected chi connectivity index (χ3v) is 2.36. The van der Waals surface area contributed by atoms with Gasteiger partial charge in [-0.15, -0.1) is 0 Å². The van der Waals surface area contributed by atoms with E-state index in [1.54, 1.807) is 13.0 Å². The van der Waals surface area contributed by atoms with Gasteiger partial charge in [-0.1, -0.05) is 35.5 Å². The molecule has 94 valence electrons. The Bertz CT molecular complexity index is 520. The van der Waals surface area contributed by atoms with Gasteiger partial charge in [0.05, 0.1) is 6.10 Å². The average molecular weight is 246 g/mol. The van der Waals surface area contributed by atoms with Crippen LogP contribution in [-0.4, -0.2) is 28.8 Å². The van der Waals surface area contributed by atoms with Gasteiger partial charge in [0.25, 0.3) is 5.91 Å². The number of aliphatic hydroxyl groups excluding tert-OH is 1. The van der Waals surface area contributed by atoms with E-state index in [4.69, 9.17) is 9.63 Å². The molecule has 18 heavy (non-hydrogen) atoms. The Hall–Kier alpha value is -2.14. The monoisotopic (exact) mass is 246 g/mol. The SMILES string of the molecule is C[C@H](O)CNC(=O)c1cc(-c2ccccc2)on1. The van der Waals surface area contributed by atoms with Gasteiger partial charge in [0.2, 0.25) is 0 Å². The van der Waals surface area contributed by atoms with E-state index in [0.717, 1.165) is 5.56 Å². The van der Waals surface area contributed by atoms with Gasteiger partial charge in [-0.25, -0.2) is 0 Å². The van der Waals surface area contributed by atoms with E-state index in [-0.39, 0.29) is 18.1 Å². The van der Waals surface area contributed by atoms with E-state index in [0.29, 0.717) is 5.76 Å². The van der Waals surface area contributed by atoms with E-state index in [1.807, 2.05) is 30.3 Å². The fourth-order valence-electron chi connectivity index (χ4n) is 1.45. The molecule has 1 heterocycles. The van der Waals surface area contributed by atoms with Crippen LogP contribution in [0.3, 0.4) is 0 Å². The second kappa shape index (κ2) is 5.46. The number of aliphatic hydroxyl groups is 1. The van der Waals surface area contributed by atoms with E-state index in [2.05, 4.69) is 10.5 Å². The van der Waals surface area contributed by atoms with Crippen LogP contribution >= 0.6 is 0 Å². The van der Waals surface area contributed by atoms with Crippen LogP contribution < -0.4 is 5.32 Å². The third kappa shape index (κ3) is 2.95. The van der Waals surface area contributed by atoms with E-state index in [9.17, 15) is 4.79 Å². The first-order valence-electron chi connectivity index (χ1n) is 5.65. The van der Waals surface area contributed by atoms with Crippen molar-refractivity contribution >= 4 is 5.91 Å². The fourth-order valence-corrected chi connectivity index (χ4v) is 1.45. The molecule has 1 aromatic carbocycles. The molecule has 0 bridgehead atoms. The fraction of sp³-hybridized carbons (Fsp3) is 0.231. The van der Waals surface area contributed by atoms with Crippen molar-refractivity contribution in [2.75, 3.05) is 6.54 Å². The Balaban J connectivity index is 2.09. The first kappa shape index (κ1) is 12.3. The van der Waals surface area contributed by atoms with Gasteiger partial charge in [-0.05, 0) is 6.92 Å². The molecule has 0 aliphatic rings. The Morgan fingerprint density at radius 2 is 2.17 bits per heavy atom. The van der Waals surface area contributed by atoms with Crippen molar-refractivity contribution in [3.63, 3.8) is 0 Å². The molecule has 0 fully saturated rings. The van der Waals surface area contributed by atoms with Crippen molar-refractivity contribution in [2.24, 2.45) is 0 Å². The third-order valence-electron chi connectivity index (χ3n) is 2.36. The number of benzene rings is 1. The molecule has 1 aromatic heterocycles. The lowest BCUT2D eigenvalue weighted by atomic mass is 10.1. The molecule has 0 unspecified atom stereocenters. The molecule has 5 nitrogen and oxygen atoms in total. The zero-order valence-electron chi connectivity index (χ0n) is 9.96. The molecule has 0 aliphatic carbocycles. The number of carbonyl (C=O) groups is 1. The highest BCUT2D eigenvalue weighted by molar-refractivity contribution is 5.93. The lowest BCUT2D eigenvalue weighted by molar-refractivity contribution is 0.0915. The zero-order chi connectivity index (χ0) is 13.0. The van der Waals surface area contributed by atoms with Crippen LogP contribution in [0.15, 0.2) is 40.9 Å². The van der Waals surface area contributed by atoms with Crippen LogP contribution in [0, 0.1) is 0 Å². The minimum Gasteiger partial charge on any atom is -0.392 e. The smallest absolute Gasteiger partial charge is 0.273 e. The Morgan fingerprint density at radius 3 is 2.83 bits per heavy atom. The number of nitrogens with zero attached hydrogens (tertiary/aromatic N) is 1. The summed E-state index contributed by atoms with van der Waals surface area (Å²) in [6, 6.07) is 11.0. The normalized spacial score (nSPS) is 12.1. The molecule has 2 N–H and O–H groups in total. The van der Waals surface area contributed by atoms with Gasteiger partial charge in [0.1, 0.15) is 0 Å². The summed E-state index contributed by atoms with van der Waals surface area (Å²) in [5.41, 5.74) is 1.06. The second-order valence-electron chi connectivity index (χ2n) is 4.00. The number of aromatic nitrogens is 1. The minimum atomic E-state index is -0.588.